The fourth-order valence-corrected chi connectivity index (χ4v) is 3.97. The second-order valence-electron chi connectivity index (χ2n) is 7.31. The van der Waals surface area contributed by atoms with Crippen LogP contribution >= 0.6 is 0 Å². The molecule has 1 atom stereocenters. The Hall–Kier alpha value is -2.47. The Kier molecular flexibility index (Phi) is 5.34. The zero-order chi connectivity index (χ0) is 18.6. The summed E-state index contributed by atoms with van der Waals surface area (Å²) in [6.07, 6.45) is 3.65. The maximum atomic E-state index is 13.0. The first-order valence-corrected chi connectivity index (χ1v) is 9.76. The van der Waals surface area contributed by atoms with Crippen LogP contribution in [0.3, 0.4) is 0 Å². The molecule has 2 aliphatic rings. The zero-order valence-corrected chi connectivity index (χ0v) is 15.7. The average Bonchev–Trinajstić information content (AvgIpc) is 3.18. The number of ether oxygens (including phenoxy) is 1. The minimum absolute atomic E-state index is 0.0626. The van der Waals surface area contributed by atoms with Gasteiger partial charge in [0.2, 0.25) is 5.91 Å². The van der Waals surface area contributed by atoms with Crippen molar-refractivity contribution < 1.29 is 9.53 Å². The van der Waals surface area contributed by atoms with Crippen LogP contribution in [0.4, 0.5) is 11.6 Å². The Bertz CT molecular complexity index is 804. The lowest BCUT2D eigenvalue weighted by Crippen LogP contribution is -2.38. The molecule has 0 radical (unpaired) electrons. The summed E-state index contributed by atoms with van der Waals surface area (Å²) in [5.41, 5.74) is 1.91. The smallest absolute Gasteiger partial charge is 0.226 e. The molecule has 27 heavy (non-hydrogen) atoms. The molecule has 2 aromatic rings. The number of aryl methyl sites for hydroxylation is 1. The third kappa shape index (κ3) is 4.11. The summed E-state index contributed by atoms with van der Waals surface area (Å²) in [4.78, 5) is 24.3. The van der Waals surface area contributed by atoms with Gasteiger partial charge >= 0.3 is 0 Å². The number of rotatable bonds is 4. The Morgan fingerprint density at radius 2 is 1.81 bits per heavy atom. The Morgan fingerprint density at radius 1 is 1.07 bits per heavy atom. The maximum absolute atomic E-state index is 13.0. The van der Waals surface area contributed by atoms with Gasteiger partial charge in [0.1, 0.15) is 11.6 Å². The number of likely N-dealkylation sites (tertiary alicyclic amines) is 1. The van der Waals surface area contributed by atoms with Crippen LogP contribution < -0.4 is 5.32 Å². The van der Waals surface area contributed by atoms with Crippen LogP contribution in [0.5, 0.6) is 0 Å². The summed E-state index contributed by atoms with van der Waals surface area (Å²) in [6.45, 7) is 4.17. The predicted molar refractivity (Wildman–Crippen MR) is 104 cm³/mol. The summed E-state index contributed by atoms with van der Waals surface area (Å²) < 4.78 is 5.41. The van der Waals surface area contributed by atoms with Gasteiger partial charge in [0, 0.05) is 31.4 Å². The number of hydrogen-bond donors (Lipinski definition) is 1. The first-order valence-electron chi connectivity index (χ1n) is 9.76. The molecule has 0 saturated carbocycles. The molecule has 1 N–H and O–H groups in total. The van der Waals surface area contributed by atoms with Gasteiger partial charge in [-0.1, -0.05) is 12.1 Å². The van der Waals surface area contributed by atoms with Gasteiger partial charge in [0.25, 0.3) is 0 Å². The number of amides is 1. The number of pyridine rings is 2. The van der Waals surface area contributed by atoms with Crippen LogP contribution in [0.25, 0.3) is 0 Å². The van der Waals surface area contributed by atoms with E-state index in [9.17, 15) is 4.79 Å². The summed E-state index contributed by atoms with van der Waals surface area (Å²) in [5, 5.41) is 3.27. The molecule has 1 amide bonds. The minimum Gasteiger partial charge on any atom is -0.381 e. The van der Waals surface area contributed by atoms with Gasteiger partial charge in [-0.3, -0.25) is 4.79 Å². The number of nitrogens with zero attached hydrogens (tertiary/aromatic N) is 3. The highest BCUT2D eigenvalue weighted by molar-refractivity contribution is 5.79. The molecule has 0 spiro atoms. The molecule has 2 saturated heterocycles. The highest BCUT2D eigenvalue weighted by Crippen LogP contribution is 2.34. The topological polar surface area (TPSA) is 67.4 Å². The molecule has 0 unspecified atom stereocenters. The average molecular weight is 366 g/mol. The maximum Gasteiger partial charge on any atom is 0.226 e. The van der Waals surface area contributed by atoms with Crippen molar-refractivity contribution in [3.05, 3.63) is 47.8 Å². The molecule has 0 bridgehead atoms. The number of nitrogens with one attached hydrogen (secondary N) is 1. The van der Waals surface area contributed by atoms with Gasteiger partial charge in [-0.2, -0.15) is 0 Å². The van der Waals surface area contributed by atoms with E-state index in [2.05, 4.69) is 10.3 Å². The Morgan fingerprint density at radius 3 is 2.59 bits per heavy atom. The summed E-state index contributed by atoms with van der Waals surface area (Å²) >= 11 is 0. The van der Waals surface area contributed by atoms with Crippen molar-refractivity contribution in [3.63, 3.8) is 0 Å². The third-order valence-corrected chi connectivity index (χ3v) is 5.36. The van der Waals surface area contributed by atoms with Crippen LogP contribution in [0.15, 0.2) is 36.4 Å². The molecule has 2 fully saturated rings. The highest BCUT2D eigenvalue weighted by Gasteiger charge is 2.35. The van der Waals surface area contributed by atoms with E-state index in [0.717, 1.165) is 55.3 Å². The molecule has 2 aromatic heterocycles. The number of aromatic nitrogens is 2. The van der Waals surface area contributed by atoms with Crippen LogP contribution in [0.2, 0.25) is 0 Å². The monoisotopic (exact) mass is 366 g/mol. The lowest BCUT2D eigenvalue weighted by Gasteiger charge is -2.30. The lowest BCUT2D eigenvalue weighted by molar-refractivity contribution is -0.139. The fourth-order valence-electron chi connectivity index (χ4n) is 3.97. The van der Waals surface area contributed by atoms with Crippen LogP contribution in [0, 0.1) is 12.8 Å². The van der Waals surface area contributed by atoms with Crippen molar-refractivity contribution in [3.8, 4) is 0 Å². The quantitative estimate of drug-likeness (QED) is 0.895. The first kappa shape index (κ1) is 17.9. The zero-order valence-electron chi connectivity index (χ0n) is 15.7. The summed E-state index contributed by atoms with van der Waals surface area (Å²) in [7, 11) is 0. The van der Waals surface area contributed by atoms with E-state index in [1.54, 1.807) is 0 Å². The highest BCUT2D eigenvalue weighted by atomic mass is 16.5. The molecule has 4 rings (SSSR count). The van der Waals surface area contributed by atoms with Gasteiger partial charge in [-0.15, -0.1) is 0 Å². The first-order chi connectivity index (χ1) is 13.2. The third-order valence-electron chi connectivity index (χ3n) is 5.36. The van der Waals surface area contributed by atoms with E-state index in [-0.39, 0.29) is 17.9 Å². The number of carbonyl (C=O) groups is 1. The van der Waals surface area contributed by atoms with Crippen LogP contribution in [-0.2, 0) is 9.53 Å². The number of carbonyl (C=O) groups excluding carboxylic acids is 1. The van der Waals surface area contributed by atoms with Crippen LogP contribution in [-0.4, -0.2) is 40.5 Å². The molecule has 142 valence electrons. The number of anilines is 2. The van der Waals surface area contributed by atoms with E-state index >= 15 is 0 Å². The van der Waals surface area contributed by atoms with Crippen LogP contribution in [0.1, 0.15) is 43.1 Å². The van der Waals surface area contributed by atoms with E-state index < -0.39 is 0 Å². The van der Waals surface area contributed by atoms with Crippen molar-refractivity contribution in [2.75, 3.05) is 25.1 Å². The van der Waals surface area contributed by atoms with E-state index in [0.29, 0.717) is 13.2 Å². The molecule has 0 aliphatic carbocycles. The van der Waals surface area contributed by atoms with Crippen molar-refractivity contribution in [2.24, 2.45) is 5.92 Å². The molecule has 2 aliphatic heterocycles. The lowest BCUT2D eigenvalue weighted by atomic mass is 9.98. The largest absolute Gasteiger partial charge is 0.381 e. The molecular weight excluding hydrogens is 340 g/mol. The van der Waals surface area contributed by atoms with E-state index in [1.807, 2.05) is 48.2 Å². The minimum atomic E-state index is 0.0626. The second-order valence-corrected chi connectivity index (χ2v) is 7.31. The molecule has 0 aromatic carbocycles. The normalized spacial score (nSPS) is 20.6. The van der Waals surface area contributed by atoms with E-state index in [4.69, 9.17) is 9.72 Å². The summed E-state index contributed by atoms with van der Waals surface area (Å²) in [6, 6.07) is 11.9. The SMILES string of the molecule is Cc1cccc(Nc2cccc([C@@H]3CCCN3C(=O)C3CCOCC3)n2)n1. The Balaban J connectivity index is 1.51. The fraction of sp³-hybridized carbons (Fsp3) is 0.476. The number of hydrogen-bond acceptors (Lipinski definition) is 5. The Labute approximate surface area is 160 Å². The van der Waals surface area contributed by atoms with Gasteiger partial charge < -0.3 is 15.0 Å². The van der Waals surface area contributed by atoms with Crippen molar-refractivity contribution >= 4 is 17.5 Å². The predicted octanol–water partition coefficient (Wildman–Crippen LogP) is 3.62. The van der Waals surface area contributed by atoms with Gasteiger partial charge in [0.05, 0.1) is 11.7 Å². The van der Waals surface area contributed by atoms with Crippen molar-refractivity contribution in [1.29, 1.82) is 0 Å². The van der Waals surface area contributed by atoms with Gasteiger partial charge in [-0.05, 0) is 56.9 Å². The van der Waals surface area contributed by atoms with Crippen molar-refractivity contribution in [2.45, 2.75) is 38.6 Å². The van der Waals surface area contributed by atoms with Gasteiger partial charge in [-0.25, -0.2) is 9.97 Å². The second kappa shape index (κ2) is 8.05. The summed E-state index contributed by atoms with van der Waals surface area (Å²) in [5.74, 6) is 1.90. The molecule has 6 heteroatoms. The van der Waals surface area contributed by atoms with Gasteiger partial charge in [0.15, 0.2) is 0 Å². The molecule has 4 heterocycles. The standard InChI is InChI=1S/C21H26N4O2/c1-15-5-2-8-19(22-15)24-20-9-3-6-17(23-20)18-7-4-12-25(18)21(26)16-10-13-27-14-11-16/h2-3,5-6,8-9,16,18H,4,7,10-14H2,1H3,(H,22,23,24)/t18-/m0/s1. The molecule has 6 nitrogen and oxygen atoms in total. The van der Waals surface area contributed by atoms with E-state index in [1.165, 1.54) is 0 Å². The molecular formula is C21H26N4O2. The van der Waals surface area contributed by atoms with Crippen molar-refractivity contribution in [1.82, 2.24) is 14.9 Å².